The van der Waals surface area contributed by atoms with Crippen molar-refractivity contribution in [3.63, 3.8) is 0 Å². The van der Waals surface area contributed by atoms with Gasteiger partial charge < -0.3 is 25.8 Å². The summed E-state index contributed by atoms with van der Waals surface area (Å²) in [7, 11) is 2.19. The Balaban J connectivity index is 1.31. The van der Waals surface area contributed by atoms with Crippen LogP contribution in [-0.4, -0.2) is 71.1 Å². The van der Waals surface area contributed by atoms with Crippen LogP contribution in [0, 0.1) is 0 Å². The van der Waals surface area contributed by atoms with Crippen molar-refractivity contribution in [2.75, 3.05) is 57.4 Å². The van der Waals surface area contributed by atoms with E-state index in [-0.39, 0.29) is 5.95 Å². The molecule has 0 spiro atoms. The van der Waals surface area contributed by atoms with Gasteiger partial charge in [0.15, 0.2) is 0 Å². The molecular formula is C26H31N7. The number of nitrogens with zero attached hydrogens (tertiary/aromatic N) is 4. The molecule has 1 fully saturated rings. The first-order valence-corrected chi connectivity index (χ1v) is 11.6. The molecule has 0 aliphatic carbocycles. The van der Waals surface area contributed by atoms with E-state index >= 15 is 0 Å². The molecule has 4 aromatic rings. The number of nitrogens with one attached hydrogen (secondary N) is 2. The number of aromatic amines is 1. The van der Waals surface area contributed by atoms with Crippen LogP contribution in [0.15, 0.2) is 60.8 Å². The highest BCUT2D eigenvalue weighted by molar-refractivity contribution is 5.87. The van der Waals surface area contributed by atoms with Crippen molar-refractivity contribution >= 4 is 22.7 Å². The minimum absolute atomic E-state index is 0.284. The van der Waals surface area contributed by atoms with Crippen molar-refractivity contribution in [1.82, 2.24) is 24.8 Å². The molecule has 0 bridgehead atoms. The number of likely N-dealkylation sites (N-methyl/N-ethyl adjacent to an activating group) is 1. The molecule has 1 saturated heterocycles. The third-order valence-corrected chi connectivity index (χ3v) is 6.36. The lowest BCUT2D eigenvalue weighted by molar-refractivity contribution is 0.154. The number of fused-ring (bicyclic) bond motifs is 1. The van der Waals surface area contributed by atoms with Crippen molar-refractivity contribution in [1.29, 1.82) is 0 Å². The van der Waals surface area contributed by atoms with Gasteiger partial charge in [-0.25, -0.2) is 4.98 Å². The highest BCUT2D eigenvalue weighted by atomic mass is 15.2. The Morgan fingerprint density at radius 1 is 1.00 bits per heavy atom. The molecule has 4 N–H and O–H groups in total. The predicted octanol–water partition coefficient (Wildman–Crippen LogP) is 3.92. The van der Waals surface area contributed by atoms with E-state index in [2.05, 4.69) is 85.6 Å². The number of piperazine rings is 1. The first-order chi connectivity index (χ1) is 16.2. The van der Waals surface area contributed by atoms with Crippen LogP contribution >= 0.6 is 0 Å². The fourth-order valence-electron chi connectivity index (χ4n) is 4.41. The van der Waals surface area contributed by atoms with Crippen LogP contribution in [0.25, 0.3) is 33.3 Å². The minimum Gasteiger partial charge on any atom is -0.369 e. The lowest BCUT2D eigenvalue weighted by atomic mass is 10.0. The van der Waals surface area contributed by atoms with Gasteiger partial charge in [-0.1, -0.05) is 36.4 Å². The molecule has 1 aliphatic rings. The second-order valence-electron chi connectivity index (χ2n) is 8.77. The molecule has 0 unspecified atom stereocenters. The highest BCUT2D eigenvalue weighted by Gasteiger charge is 2.14. The molecular weight excluding hydrogens is 410 g/mol. The van der Waals surface area contributed by atoms with Gasteiger partial charge in [-0.15, -0.1) is 0 Å². The van der Waals surface area contributed by atoms with E-state index in [1.807, 2.05) is 12.3 Å². The van der Waals surface area contributed by atoms with Crippen molar-refractivity contribution in [2.24, 2.45) is 0 Å². The van der Waals surface area contributed by atoms with E-state index in [1.54, 1.807) is 0 Å². The van der Waals surface area contributed by atoms with E-state index in [0.717, 1.165) is 79.4 Å². The van der Waals surface area contributed by atoms with Crippen molar-refractivity contribution in [3.8, 4) is 22.4 Å². The molecule has 1 aliphatic heterocycles. The molecule has 2 aromatic heterocycles. The van der Waals surface area contributed by atoms with Gasteiger partial charge in [0.25, 0.3) is 0 Å². The van der Waals surface area contributed by atoms with Crippen molar-refractivity contribution in [2.45, 2.75) is 6.42 Å². The average molecular weight is 442 g/mol. The van der Waals surface area contributed by atoms with Crippen LogP contribution in [0.5, 0.6) is 0 Å². The smallest absolute Gasteiger partial charge is 0.221 e. The van der Waals surface area contributed by atoms with E-state index in [9.17, 15) is 0 Å². The SMILES string of the molecule is CN1CCN(CCCNc2nc(N)ncc2-c2cccc(-c3cc4ccccc4[nH]3)c2)CC1. The molecule has 7 heteroatoms. The fraction of sp³-hybridized carbons (Fsp3) is 0.308. The predicted molar refractivity (Wildman–Crippen MR) is 136 cm³/mol. The van der Waals surface area contributed by atoms with Gasteiger partial charge in [-0.05, 0) is 49.3 Å². The average Bonchev–Trinajstić information content (AvgIpc) is 3.28. The summed E-state index contributed by atoms with van der Waals surface area (Å²) >= 11 is 0. The topological polar surface area (TPSA) is 86.1 Å². The van der Waals surface area contributed by atoms with Crippen molar-refractivity contribution < 1.29 is 0 Å². The van der Waals surface area contributed by atoms with Gasteiger partial charge in [0, 0.05) is 61.1 Å². The normalized spacial score (nSPS) is 15.2. The zero-order valence-electron chi connectivity index (χ0n) is 19.1. The molecule has 170 valence electrons. The number of benzene rings is 2. The Kier molecular flexibility index (Phi) is 6.24. The Morgan fingerprint density at radius 2 is 1.82 bits per heavy atom. The number of para-hydroxylation sites is 1. The number of hydrogen-bond donors (Lipinski definition) is 3. The Hall–Kier alpha value is -3.42. The number of H-pyrrole nitrogens is 1. The highest BCUT2D eigenvalue weighted by Crippen LogP contribution is 2.31. The van der Waals surface area contributed by atoms with Crippen LogP contribution < -0.4 is 11.1 Å². The summed E-state index contributed by atoms with van der Waals surface area (Å²) in [6.45, 7) is 6.51. The monoisotopic (exact) mass is 441 g/mol. The second-order valence-corrected chi connectivity index (χ2v) is 8.77. The van der Waals surface area contributed by atoms with Crippen LogP contribution in [0.1, 0.15) is 6.42 Å². The maximum Gasteiger partial charge on any atom is 0.221 e. The molecule has 5 rings (SSSR count). The van der Waals surface area contributed by atoms with Crippen LogP contribution in [0.2, 0.25) is 0 Å². The maximum absolute atomic E-state index is 5.92. The van der Waals surface area contributed by atoms with Gasteiger partial charge in [0.1, 0.15) is 5.82 Å². The maximum atomic E-state index is 5.92. The van der Waals surface area contributed by atoms with Gasteiger partial charge in [0.2, 0.25) is 5.95 Å². The molecule has 0 amide bonds. The zero-order valence-corrected chi connectivity index (χ0v) is 19.1. The molecule has 0 saturated carbocycles. The van der Waals surface area contributed by atoms with E-state index < -0.39 is 0 Å². The molecule has 7 nitrogen and oxygen atoms in total. The van der Waals surface area contributed by atoms with Gasteiger partial charge >= 0.3 is 0 Å². The number of nitrogen functional groups attached to an aromatic ring is 1. The molecule has 0 atom stereocenters. The first-order valence-electron chi connectivity index (χ1n) is 11.6. The summed E-state index contributed by atoms with van der Waals surface area (Å²) in [5.74, 6) is 1.07. The Labute approximate surface area is 194 Å². The summed E-state index contributed by atoms with van der Waals surface area (Å²) in [5.41, 5.74) is 11.3. The zero-order chi connectivity index (χ0) is 22.6. The molecule has 2 aromatic carbocycles. The summed E-state index contributed by atoms with van der Waals surface area (Å²) in [4.78, 5) is 17.2. The number of rotatable bonds is 7. The van der Waals surface area contributed by atoms with Gasteiger partial charge in [-0.3, -0.25) is 0 Å². The van der Waals surface area contributed by atoms with Crippen LogP contribution in [0.3, 0.4) is 0 Å². The van der Waals surface area contributed by atoms with Gasteiger partial charge in [-0.2, -0.15) is 4.98 Å². The van der Waals surface area contributed by atoms with E-state index in [4.69, 9.17) is 5.73 Å². The number of hydrogen-bond acceptors (Lipinski definition) is 6. The summed E-state index contributed by atoms with van der Waals surface area (Å²) in [6, 6.07) is 19.0. The Morgan fingerprint density at radius 3 is 2.67 bits per heavy atom. The summed E-state index contributed by atoms with van der Waals surface area (Å²) in [6.07, 6.45) is 2.87. The first kappa shape index (κ1) is 21.4. The quantitative estimate of drug-likeness (QED) is 0.377. The minimum atomic E-state index is 0.284. The number of aromatic nitrogens is 3. The van der Waals surface area contributed by atoms with Crippen molar-refractivity contribution in [3.05, 3.63) is 60.8 Å². The third kappa shape index (κ3) is 4.99. The molecule has 3 heterocycles. The number of anilines is 2. The third-order valence-electron chi connectivity index (χ3n) is 6.36. The summed E-state index contributed by atoms with van der Waals surface area (Å²) in [5, 5.41) is 4.71. The van der Waals surface area contributed by atoms with Crippen LogP contribution in [-0.2, 0) is 0 Å². The fourth-order valence-corrected chi connectivity index (χ4v) is 4.41. The summed E-state index contributed by atoms with van der Waals surface area (Å²) < 4.78 is 0. The van der Waals surface area contributed by atoms with E-state index in [0.29, 0.717) is 0 Å². The number of nitrogens with two attached hydrogens (primary N) is 1. The Bertz CT molecular complexity index is 1190. The lowest BCUT2D eigenvalue weighted by Crippen LogP contribution is -2.44. The van der Waals surface area contributed by atoms with Gasteiger partial charge in [0.05, 0.1) is 0 Å². The lowest BCUT2D eigenvalue weighted by Gasteiger charge is -2.32. The molecule has 33 heavy (non-hydrogen) atoms. The largest absolute Gasteiger partial charge is 0.369 e. The second kappa shape index (κ2) is 9.60. The van der Waals surface area contributed by atoms with Crippen LogP contribution in [0.4, 0.5) is 11.8 Å². The van der Waals surface area contributed by atoms with E-state index in [1.165, 1.54) is 5.39 Å². The standard InChI is InChI=1S/C26H31N7/c1-32-12-14-33(15-13-32)11-5-10-28-25-22(18-29-26(27)31-25)19-7-4-8-20(16-19)24-17-21-6-2-3-9-23(21)30-24/h2-4,6-9,16-18,30H,5,10-15H2,1H3,(H3,27,28,29,31). The molecule has 0 radical (unpaired) electrons.